The van der Waals surface area contributed by atoms with Crippen LogP contribution in [0.3, 0.4) is 0 Å². The number of carbonyl (C=O) groups excluding carboxylic acids is 1. The van der Waals surface area contributed by atoms with Crippen molar-refractivity contribution in [1.82, 2.24) is 24.9 Å². The van der Waals surface area contributed by atoms with Crippen LogP contribution >= 0.6 is 0 Å². The van der Waals surface area contributed by atoms with Gasteiger partial charge in [0, 0.05) is 30.7 Å². The van der Waals surface area contributed by atoms with Gasteiger partial charge in [-0.3, -0.25) is 9.78 Å². The summed E-state index contributed by atoms with van der Waals surface area (Å²) in [6.45, 7) is 0.620. The second kappa shape index (κ2) is 6.66. The highest BCUT2D eigenvalue weighted by atomic mass is 16.7. The summed E-state index contributed by atoms with van der Waals surface area (Å²) in [6, 6.07) is 11.2. The first-order valence-corrected chi connectivity index (χ1v) is 8.69. The molecule has 0 saturated carbocycles. The molecule has 28 heavy (non-hydrogen) atoms. The molecule has 1 N–H and O–H groups in total. The summed E-state index contributed by atoms with van der Waals surface area (Å²) < 4.78 is 12.5. The third-order valence-electron chi connectivity index (χ3n) is 4.52. The maximum Gasteiger partial charge on any atom is 0.257 e. The van der Waals surface area contributed by atoms with Crippen LogP contribution in [0.1, 0.15) is 15.9 Å². The van der Waals surface area contributed by atoms with Gasteiger partial charge in [-0.15, -0.1) is 0 Å². The fraction of sp³-hybridized carbons (Fsp3) is 0.100. The Hall–Kier alpha value is -3.94. The summed E-state index contributed by atoms with van der Waals surface area (Å²) >= 11 is 0. The fourth-order valence-corrected chi connectivity index (χ4v) is 3.10. The van der Waals surface area contributed by atoms with Crippen molar-refractivity contribution in [2.24, 2.45) is 0 Å². The molecule has 5 rings (SSSR count). The molecule has 8 heteroatoms. The Labute approximate surface area is 159 Å². The monoisotopic (exact) mass is 373 g/mol. The molecule has 0 radical (unpaired) electrons. The van der Waals surface area contributed by atoms with Crippen LogP contribution in [0.25, 0.3) is 16.9 Å². The smallest absolute Gasteiger partial charge is 0.257 e. The summed E-state index contributed by atoms with van der Waals surface area (Å²) in [6.07, 6.45) is 6.57. The minimum atomic E-state index is -0.234. The number of amides is 1. The van der Waals surface area contributed by atoms with E-state index in [-0.39, 0.29) is 12.7 Å². The van der Waals surface area contributed by atoms with E-state index in [1.54, 1.807) is 23.1 Å². The van der Waals surface area contributed by atoms with Crippen LogP contribution in [-0.2, 0) is 6.54 Å². The lowest BCUT2D eigenvalue weighted by Crippen LogP contribution is -2.22. The minimum Gasteiger partial charge on any atom is -0.454 e. The summed E-state index contributed by atoms with van der Waals surface area (Å²) in [7, 11) is 0. The average Bonchev–Trinajstić information content (AvgIpc) is 3.39. The first kappa shape index (κ1) is 16.2. The van der Waals surface area contributed by atoms with Gasteiger partial charge < -0.3 is 14.8 Å². The van der Waals surface area contributed by atoms with Gasteiger partial charge in [0.15, 0.2) is 17.1 Å². The van der Waals surface area contributed by atoms with Gasteiger partial charge in [0.05, 0.1) is 11.9 Å². The summed E-state index contributed by atoms with van der Waals surface area (Å²) in [5.74, 6) is 1.16. The van der Waals surface area contributed by atoms with Crippen molar-refractivity contribution in [1.29, 1.82) is 0 Å². The molecule has 3 aromatic heterocycles. The van der Waals surface area contributed by atoms with Crippen LogP contribution in [-0.4, -0.2) is 32.3 Å². The van der Waals surface area contributed by atoms with Gasteiger partial charge in [0.25, 0.3) is 5.91 Å². The SMILES string of the molecule is O=C(NCc1ccncc1)c1cnn2c(-c3ccc4c(c3)OCO4)ccnc12. The van der Waals surface area contributed by atoms with Crippen molar-refractivity contribution in [2.75, 3.05) is 6.79 Å². The van der Waals surface area contributed by atoms with Crippen molar-refractivity contribution >= 4 is 11.6 Å². The summed E-state index contributed by atoms with van der Waals surface area (Å²) in [5.41, 5.74) is 3.56. The zero-order chi connectivity index (χ0) is 18.9. The highest BCUT2D eigenvalue weighted by Gasteiger charge is 2.18. The first-order chi connectivity index (χ1) is 13.8. The Kier molecular flexibility index (Phi) is 3.86. The van der Waals surface area contributed by atoms with Gasteiger partial charge in [-0.25, -0.2) is 9.50 Å². The van der Waals surface area contributed by atoms with Crippen molar-refractivity contribution in [2.45, 2.75) is 6.54 Å². The number of carbonyl (C=O) groups is 1. The van der Waals surface area contributed by atoms with Gasteiger partial charge >= 0.3 is 0 Å². The van der Waals surface area contributed by atoms with E-state index in [0.29, 0.717) is 29.3 Å². The van der Waals surface area contributed by atoms with Crippen molar-refractivity contribution in [3.63, 3.8) is 0 Å². The molecule has 4 heterocycles. The third-order valence-corrected chi connectivity index (χ3v) is 4.52. The van der Waals surface area contributed by atoms with Crippen molar-refractivity contribution < 1.29 is 14.3 Å². The zero-order valence-corrected chi connectivity index (χ0v) is 14.7. The van der Waals surface area contributed by atoms with Gasteiger partial charge in [0.1, 0.15) is 5.56 Å². The Morgan fingerprint density at radius 1 is 1.07 bits per heavy atom. The Morgan fingerprint density at radius 2 is 1.93 bits per heavy atom. The van der Waals surface area contributed by atoms with E-state index in [1.165, 1.54) is 6.20 Å². The number of nitrogens with zero attached hydrogens (tertiary/aromatic N) is 4. The molecule has 0 saturated heterocycles. The Balaban J connectivity index is 1.46. The largest absolute Gasteiger partial charge is 0.454 e. The quantitative estimate of drug-likeness (QED) is 0.591. The van der Waals surface area contributed by atoms with Gasteiger partial charge in [0.2, 0.25) is 6.79 Å². The third kappa shape index (κ3) is 2.81. The van der Waals surface area contributed by atoms with E-state index in [2.05, 4.69) is 20.4 Å². The van der Waals surface area contributed by atoms with E-state index >= 15 is 0 Å². The number of pyridine rings is 1. The molecular weight excluding hydrogens is 358 g/mol. The first-order valence-electron chi connectivity index (χ1n) is 8.69. The average molecular weight is 373 g/mol. The highest BCUT2D eigenvalue weighted by molar-refractivity contribution is 5.99. The number of aromatic nitrogens is 4. The van der Waals surface area contributed by atoms with E-state index in [0.717, 1.165) is 16.8 Å². The standard InChI is InChI=1S/C20H15N5O3/c26-20(23-10-13-3-6-21-7-4-13)15-11-24-25-16(5-8-22-19(15)25)14-1-2-17-18(9-14)28-12-27-17/h1-9,11H,10,12H2,(H,23,26). The van der Waals surface area contributed by atoms with E-state index in [4.69, 9.17) is 9.47 Å². The number of benzene rings is 1. The molecule has 1 aromatic carbocycles. The molecule has 8 nitrogen and oxygen atoms in total. The highest BCUT2D eigenvalue weighted by Crippen LogP contribution is 2.35. The normalized spacial score (nSPS) is 12.3. The van der Waals surface area contributed by atoms with Gasteiger partial charge in [-0.05, 0) is 42.0 Å². The molecule has 0 spiro atoms. The predicted octanol–water partition coefficient (Wildman–Crippen LogP) is 2.45. The molecule has 1 aliphatic heterocycles. The van der Waals surface area contributed by atoms with Gasteiger partial charge in [-0.1, -0.05) is 0 Å². The van der Waals surface area contributed by atoms with Crippen LogP contribution in [0.15, 0.2) is 61.2 Å². The Bertz CT molecular complexity index is 1170. The molecule has 1 aliphatic rings. The van der Waals surface area contributed by atoms with E-state index < -0.39 is 0 Å². The molecule has 0 unspecified atom stereocenters. The summed E-state index contributed by atoms with van der Waals surface area (Å²) in [5, 5.41) is 7.27. The second-order valence-corrected chi connectivity index (χ2v) is 6.23. The molecule has 0 fully saturated rings. The number of rotatable bonds is 4. The number of ether oxygens (including phenoxy) is 2. The maximum atomic E-state index is 12.6. The predicted molar refractivity (Wildman–Crippen MR) is 100.0 cm³/mol. The fourth-order valence-electron chi connectivity index (χ4n) is 3.10. The van der Waals surface area contributed by atoms with Crippen molar-refractivity contribution in [3.8, 4) is 22.8 Å². The van der Waals surface area contributed by atoms with Crippen LogP contribution in [0.4, 0.5) is 0 Å². The second-order valence-electron chi connectivity index (χ2n) is 6.23. The van der Waals surface area contributed by atoms with E-state index in [9.17, 15) is 4.79 Å². The van der Waals surface area contributed by atoms with Crippen LogP contribution < -0.4 is 14.8 Å². The molecule has 0 aliphatic carbocycles. The number of hydrogen-bond donors (Lipinski definition) is 1. The topological polar surface area (TPSA) is 90.6 Å². The zero-order valence-electron chi connectivity index (χ0n) is 14.7. The molecule has 138 valence electrons. The van der Waals surface area contributed by atoms with Crippen molar-refractivity contribution in [3.05, 3.63) is 72.3 Å². The van der Waals surface area contributed by atoms with Gasteiger partial charge in [-0.2, -0.15) is 5.10 Å². The molecule has 4 aromatic rings. The lowest BCUT2D eigenvalue weighted by atomic mass is 10.1. The lowest BCUT2D eigenvalue weighted by molar-refractivity contribution is 0.0952. The van der Waals surface area contributed by atoms with Crippen LogP contribution in [0, 0.1) is 0 Å². The number of hydrogen-bond acceptors (Lipinski definition) is 6. The minimum absolute atomic E-state index is 0.216. The molecule has 0 atom stereocenters. The maximum absolute atomic E-state index is 12.6. The Morgan fingerprint density at radius 3 is 2.82 bits per heavy atom. The van der Waals surface area contributed by atoms with Crippen LogP contribution in [0.5, 0.6) is 11.5 Å². The lowest BCUT2D eigenvalue weighted by Gasteiger charge is -2.07. The number of fused-ring (bicyclic) bond motifs is 2. The van der Waals surface area contributed by atoms with Crippen LogP contribution in [0.2, 0.25) is 0 Å². The molecule has 0 bridgehead atoms. The molecule has 1 amide bonds. The summed E-state index contributed by atoms with van der Waals surface area (Å²) in [4.78, 5) is 21.0. The van der Waals surface area contributed by atoms with E-state index in [1.807, 2.05) is 36.4 Å². The molecular formula is C20H15N5O3. The number of nitrogens with one attached hydrogen (secondary N) is 1.